The average Bonchev–Trinajstić information content (AvgIpc) is 2.80. The standard InChI is InChI=1S/C14H16FNO3/c1-2-16-14(18)8-19-11-5-10-3-9(7-17)4-12(10)13(15)6-11/h5-7,9H,2-4,8H2,1H3,(H,16,18). The van der Waals surface area contributed by atoms with Crippen molar-refractivity contribution in [2.24, 2.45) is 5.92 Å². The molecule has 1 aromatic rings. The predicted molar refractivity (Wildman–Crippen MR) is 67.5 cm³/mol. The number of carbonyl (C=O) groups is 2. The number of halogens is 1. The van der Waals surface area contributed by atoms with Gasteiger partial charge in [0.05, 0.1) is 0 Å². The molecule has 4 nitrogen and oxygen atoms in total. The fourth-order valence-electron chi connectivity index (χ4n) is 2.27. The minimum atomic E-state index is -0.368. The summed E-state index contributed by atoms with van der Waals surface area (Å²) in [5.41, 5.74) is 1.38. The number of aldehydes is 1. The van der Waals surface area contributed by atoms with Crippen LogP contribution in [-0.4, -0.2) is 25.3 Å². The van der Waals surface area contributed by atoms with Gasteiger partial charge in [-0.3, -0.25) is 4.79 Å². The summed E-state index contributed by atoms with van der Waals surface area (Å²) in [7, 11) is 0. The molecular formula is C14H16FNO3. The molecule has 1 aromatic carbocycles. The van der Waals surface area contributed by atoms with Crippen LogP contribution in [0.5, 0.6) is 5.75 Å². The molecule has 2 rings (SSSR count). The summed E-state index contributed by atoms with van der Waals surface area (Å²) >= 11 is 0. The lowest BCUT2D eigenvalue weighted by Gasteiger charge is -2.08. The SMILES string of the molecule is CCNC(=O)COc1cc(F)c2c(c1)CC(C=O)C2. The second kappa shape index (κ2) is 5.82. The van der Waals surface area contributed by atoms with Crippen molar-refractivity contribution in [1.82, 2.24) is 5.32 Å². The number of ether oxygens (including phenoxy) is 1. The van der Waals surface area contributed by atoms with E-state index in [1.165, 1.54) is 6.07 Å². The van der Waals surface area contributed by atoms with Crippen LogP contribution in [-0.2, 0) is 22.4 Å². The fraction of sp³-hybridized carbons (Fsp3) is 0.429. The number of amides is 1. The molecule has 1 amide bonds. The number of nitrogens with one attached hydrogen (secondary N) is 1. The molecule has 0 aromatic heterocycles. The summed E-state index contributed by atoms with van der Waals surface area (Å²) in [6, 6.07) is 2.98. The molecule has 1 atom stereocenters. The average molecular weight is 265 g/mol. The maximum absolute atomic E-state index is 13.8. The first-order valence-electron chi connectivity index (χ1n) is 6.30. The largest absolute Gasteiger partial charge is 0.484 e. The summed E-state index contributed by atoms with van der Waals surface area (Å²) in [4.78, 5) is 22.0. The normalized spacial score (nSPS) is 16.8. The van der Waals surface area contributed by atoms with E-state index in [1.54, 1.807) is 6.07 Å². The first kappa shape index (κ1) is 13.5. The van der Waals surface area contributed by atoms with Crippen LogP contribution in [0.25, 0.3) is 0 Å². The van der Waals surface area contributed by atoms with Gasteiger partial charge in [0, 0.05) is 18.5 Å². The zero-order chi connectivity index (χ0) is 13.8. The number of fused-ring (bicyclic) bond motifs is 1. The number of likely N-dealkylation sites (N-methyl/N-ethyl adjacent to an activating group) is 1. The van der Waals surface area contributed by atoms with Crippen LogP contribution in [0.4, 0.5) is 4.39 Å². The zero-order valence-corrected chi connectivity index (χ0v) is 10.7. The number of carbonyl (C=O) groups excluding carboxylic acids is 2. The number of hydrogen-bond donors (Lipinski definition) is 1. The van der Waals surface area contributed by atoms with E-state index >= 15 is 0 Å². The molecule has 19 heavy (non-hydrogen) atoms. The van der Waals surface area contributed by atoms with Crippen LogP contribution >= 0.6 is 0 Å². The molecule has 0 spiro atoms. The third-order valence-electron chi connectivity index (χ3n) is 3.15. The summed E-state index contributed by atoms with van der Waals surface area (Å²) in [6.07, 6.45) is 1.84. The Bertz CT molecular complexity index is 502. The second-order valence-corrected chi connectivity index (χ2v) is 4.59. The van der Waals surface area contributed by atoms with Gasteiger partial charge in [0.25, 0.3) is 5.91 Å². The second-order valence-electron chi connectivity index (χ2n) is 4.59. The van der Waals surface area contributed by atoms with Crippen molar-refractivity contribution in [2.45, 2.75) is 19.8 Å². The van der Waals surface area contributed by atoms with E-state index in [0.717, 1.165) is 11.8 Å². The van der Waals surface area contributed by atoms with Crippen molar-refractivity contribution in [2.75, 3.05) is 13.2 Å². The Kier molecular flexibility index (Phi) is 4.14. The molecule has 0 radical (unpaired) electrons. The molecule has 0 saturated carbocycles. The maximum atomic E-state index is 13.8. The van der Waals surface area contributed by atoms with Gasteiger partial charge in [-0.2, -0.15) is 0 Å². The summed E-state index contributed by atoms with van der Waals surface area (Å²) < 4.78 is 19.1. The lowest BCUT2D eigenvalue weighted by Crippen LogP contribution is -2.28. The number of benzene rings is 1. The van der Waals surface area contributed by atoms with Gasteiger partial charge < -0.3 is 14.8 Å². The smallest absolute Gasteiger partial charge is 0.257 e. The minimum absolute atomic E-state index is 0.136. The Balaban J connectivity index is 2.07. The van der Waals surface area contributed by atoms with E-state index in [4.69, 9.17) is 4.74 Å². The van der Waals surface area contributed by atoms with E-state index in [0.29, 0.717) is 30.7 Å². The summed E-state index contributed by atoms with van der Waals surface area (Å²) in [5.74, 6) is -0.431. The highest BCUT2D eigenvalue weighted by Gasteiger charge is 2.24. The Labute approximate surface area is 110 Å². The van der Waals surface area contributed by atoms with E-state index in [1.807, 2.05) is 6.92 Å². The minimum Gasteiger partial charge on any atom is -0.484 e. The molecule has 1 unspecified atom stereocenters. The molecule has 0 aliphatic heterocycles. The van der Waals surface area contributed by atoms with Gasteiger partial charge >= 0.3 is 0 Å². The Morgan fingerprint density at radius 2 is 2.32 bits per heavy atom. The highest BCUT2D eigenvalue weighted by Crippen LogP contribution is 2.31. The lowest BCUT2D eigenvalue weighted by atomic mass is 10.1. The van der Waals surface area contributed by atoms with Crippen LogP contribution in [0.2, 0.25) is 0 Å². The van der Waals surface area contributed by atoms with Crippen molar-refractivity contribution in [3.63, 3.8) is 0 Å². The molecule has 5 heteroatoms. The van der Waals surface area contributed by atoms with Crippen LogP contribution in [0.15, 0.2) is 12.1 Å². The highest BCUT2D eigenvalue weighted by atomic mass is 19.1. The van der Waals surface area contributed by atoms with E-state index in [-0.39, 0.29) is 24.2 Å². The van der Waals surface area contributed by atoms with Gasteiger partial charge in [0.2, 0.25) is 0 Å². The van der Waals surface area contributed by atoms with Crippen molar-refractivity contribution in [3.8, 4) is 5.75 Å². The third-order valence-corrected chi connectivity index (χ3v) is 3.15. The van der Waals surface area contributed by atoms with Crippen molar-refractivity contribution in [3.05, 3.63) is 29.1 Å². The van der Waals surface area contributed by atoms with Gasteiger partial charge in [0.15, 0.2) is 6.61 Å². The fourth-order valence-corrected chi connectivity index (χ4v) is 2.27. The third kappa shape index (κ3) is 3.10. The van der Waals surface area contributed by atoms with E-state index in [9.17, 15) is 14.0 Å². The lowest BCUT2D eigenvalue weighted by molar-refractivity contribution is -0.123. The van der Waals surface area contributed by atoms with Gasteiger partial charge in [-0.1, -0.05) is 0 Å². The number of hydrogen-bond acceptors (Lipinski definition) is 3. The van der Waals surface area contributed by atoms with Crippen molar-refractivity contribution in [1.29, 1.82) is 0 Å². The Morgan fingerprint density at radius 1 is 1.53 bits per heavy atom. The molecule has 0 heterocycles. The van der Waals surface area contributed by atoms with E-state index in [2.05, 4.69) is 5.32 Å². The van der Waals surface area contributed by atoms with Crippen LogP contribution in [0.3, 0.4) is 0 Å². The molecule has 0 fully saturated rings. The Morgan fingerprint density at radius 3 is 3.00 bits per heavy atom. The molecule has 0 bridgehead atoms. The molecule has 0 saturated heterocycles. The number of rotatable bonds is 5. The Hall–Kier alpha value is -1.91. The molecular weight excluding hydrogens is 249 g/mol. The monoisotopic (exact) mass is 265 g/mol. The van der Waals surface area contributed by atoms with Gasteiger partial charge in [-0.05, 0) is 37.0 Å². The van der Waals surface area contributed by atoms with Crippen LogP contribution in [0, 0.1) is 11.7 Å². The predicted octanol–water partition coefficient (Wildman–Crippen LogP) is 1.25. The summed E-state index contributed by atoms with van der Waals surface area (Å²) in [5, 5.41) is 2.59. The quantitative estimate of drug-likeness (QED) is 0.815. The first-order chi connectivity index (χ1) is 9.13. The van der Waals surface area contributed by atoms with E-state index < -0.39 is 0 Å². The van der Waals surface area contributed by atoms with Gasteiger partial charge in [0.1, 0.15) is 17.9 Å². The topological polar surface area (TPSA) is 55.4 Å². The first-order valence-corrected chi connectivity index (χ1v) is 6.30. The summed E-state index contributed by atoms with van der Waals surface area (Å²) in [6.45, 7) is 2.21. The molecule has 102 valence electrons. The van der Waals surface area contributed by atoms with Crippen LogP contribution in [0.1, 0.15) is 18.1 Å². The van der Waals surface area contributed by atoms with Gasteiger partial charge in [-0.15, -0.1) is 0 Å². The van der Waals surface area contributed by atoms with Crippen molar-refractivity contribution < 1.29 is 18.7 Å². The molecule has 1 aliphatic rings. The zero-order valence-electron chi connectivity index (χ0n) is 10.7. The molecule has 1 aliphatic carbocycles. The van der Waals surface area contributed by atoms with Gasteiger partial charge in [-0.25, -0.2) is 4.39 Å². The maximum Gasteiger partial charge on any atom is 0.257 e. The molecule has 1 N–H and O–H groups in total. The van der Waals surface area contributed by atoms with Crippen LogP contribution < -0.4 is 10.1 Å². The highest BCUT2D eigenvalue weighted by molar-refractivity contribution is 5.77. The van der Waals surface area contributed by atoms with Crippen molar-refractivity contribution >= 4 is 12.2 Å².